The van der Waals surface area contributed by atoms with Crippen LogP contribution < -0.4 is 4.74 Å². The maximum Gasteiger partial charge on any atom is 0.223 e. The van der Waals surface area contributed by atoms with Gasteiger partial charge in [0.15, 0.2) is 0 Å². The number of aromatic nitrogens is 2. The van der Waals surface area contributed by atoms with E-state index in [1.54, 1.807) is 0 Å². The molecule has 0 radical (unpaired) electrons. The van der Waals surface area contributed by atoms with Crippen LogP contribution in [0.2, 0.25) is 0 Å². The summed E-state index contributed by atoms with van der Waals surface area (Å²) in [5.41, 5.74) is 4.75. The average molecular weight is 418 g/mol. The molecule has 31 heavy (non-hydrogen) atoms. The lowest BCUT2D eigenvalue weighted by Crippen LogP contribution is -2.27. The van der Waals surface area contributed by atoms with Crippen LogP contribution in [0.5, 0.6) is 5.75 Å². The first-order chi connectivity index (χ1) is 15.1. The number of hydrogen-bond acceptors (Lipinski definition) is 3. The van der Waals surface area contributed by atoms with Crippen molar-refractivity contribution in [3.63, 3.8) is 0 Å². The van der Waals surface area contributed by atoms with Gasteiger partial charge in [0.1, 0.15) is 11.6 Å². The van der Waals surface area contributed by atoms with Crippen molar-refractivity contribution in [2.24, 2.45) is 0 Å². The number of likely N-dealkylation sites (tertiary alicyclic amines) is 1. The lowest BCUT2D eigenvalue weighted by molar-refractivity contribution is -0.128. The number of rotatable bonds is 8. The quantitative estimate of drug-likeness (QED) is 0.485. The zero-order valence-corrected chi connectivity index (χ0v) is 18.5. The number of unbranched alkanes of at least 4 members (excludes halogenated alkanes) is 1. The zero-order chi connectivity index (χ0) is 21.4. The van der Waals surface area contributed by atoms with Crippen molar-refractivity contribution in [2.45, 2.75) is 64.5 Å². The van der Waals surface area contributed by atoms with Crippen molar-refractivity contribution in [1.29, 1.82) is 0 Å². The van der Waals surface area contributed by atoms with Gasteiger partial charge in [-0.2, -0.15) is 0 Å². The molecule has 0 bridgehead atoms. The number of fused-ring (bicyclic) bond motifs is 1. The first-order valence-corrected chi connectivity index (χ1v) is 11.5. The third-order valence-electron chi connectivity index (χ3n) is 6.72. The Morgan fingerprint density at radius 1 is 1.06 bits per heavy atom. The number of carbonyl (C=O) groups excluding carboxylic acids is 1. The molecule has 2 aromatic carbocycles. The molecule has 1 amide bonds. The lowest BCUT2D eigenvalue weighted by Gasteiger charge is -2.16. The topological polar surface area (TPSA) is 47.4 Å². The van der Waals surface area contributed by atoms with Crippen LogP contribution >= 0.6 is 0 Å². The van der Waals surface area contributed by atoms with Gasteiger partial charge in [0, 0.05) is 31.5 Å². The van der Waals surface area contributed by atoms with E-state index >= 15 is 0 Å². The van der Waals surface area contributed by atoms with Crippen LogP contribution in [0.1, 0.15) is 55.0 Å². The molecule has 0 N–H and O–H groups in total. The average Bonchev–Trinajstić information content (AvgIpc) is 3.44. The van der Waals surface area contributed by atoms with Gasteiger partial charge in [0.2, 0.25) is 5.91 Å². The van der Waals surface area contributed by atoms with E-state index in [4.69, 9.17) is 9.72 Å². The molecule has 0 spiro atoms. The Hall–Kier alpha value is -2.82. The molecule has 1 saturated heterocycles. The first-order valence-electron chi connectivity index (χ1n) is 11.5. The van der Waals surface area contributed by atoms with Crippen molar-refractivity contribution in [1.82, 2.24) is 14.5 Å². The van der Waals surface area contributed by atoms with Gasteiger partial charge < -0.3 is 14.2 Å². The van der Waals surface area contributed by atoms with E-state index in [2.05, 4.69) is 53.6 Å². The highest BCUT2D eigenvalue weighted by atomic mass is 16.5. The normalized spacial score (nSPS) is 18.8. The number of hydrogen-bond donors (Lipinski definition) is 0. The summed E-state index contributed by atoms with van der Waals surface area (Å²) < 4.78 is 8.31. The van der Waals surface area contributed by atoms with Crippen LogP contribution in [-0.4, -0.2) is 39.6 Å². The number of para-hydroxylation sites is 2. The Kier molecular flexibility index (Phi) is 5.43. The molecule has 1 saturated carbocycles. The number of benzene rings is 2. The molecular weight excluding hydrogens is 386 g/mol. The molecule has 5 heteroatoms. The van der Waals surface area contributed by atoms with Crippen LogP contribution in [0.15, 0.2) is 42.5 Å². The predicted octanol–water partition coefficient (Wildman–Crippen LogP) is 4.99. The third-order valence-corrected chi connectivity index (χ3v) is 6.72. The predicted molar refractivity (Wildman–Crippen MR) is 122 cm³/mol. The molecule has 2 heterocycles. The van der Waals surface area contributed by atoms with E-state index in [1.165, 1.54) is 16.6 Å². The number of carbonyl (C=O) groups is 1. The molecule has 5 rings (SSSR count). The fraction of sp³-hybridized carbons (Fsp3) is 0.462. The summed E-state index contributed by atoms with van der Waals surface area (Å²) in [6.45, 7) is 6.67. The Balaban J connectivity index is 1.25. The molecule has 1 aliphatic heterocycles. The largest absolute Gasteiger partial charge is 0.494 e. The van der Waals surface area contributed by atoms with Crippen LogP contribution in [-0.2, 0) is 11.3 Å². The zero-order valence-electron chi connectivity index (χ0n) is 18.5. The van der Waals surface area contributed by atoms with Gasteiger partial charge in [0.05, 0.1) is 17.6 Å². The molecule has 1 atom stereocenters. The van der Waals surface area contributed by atoms with Gasteiger partial charge >= 0.3 is 0 Å². The maximum atomic E-state index is 12.5. The summed E-state index contributed by atoms with van der Waals surface area (Å²) in [7, 11) is 0. The van der Waals surface area contributed by atoms with E-state index < -0.39 is 0 Å². The van der Waals surface area contributed by atoms with Gasteiger partial charge in [-0.15, -0.1) is 0 Å². The standard InChI is InChI=1S/C26H31N3O2/c1-18-9-12-22(15-19(18)2)31-14-6-5-13-28-24-8-4-3-7-23(24)27-26(28)20-16-25(30)29(17-20)21-10-11-21/h3-4,7-9,12,15,20-21H,5-6,10-11,13-14,16-17H2,1-2H3. The molecule has 5 nitrogen and oxygen atoms in total. The number of imidazole rings is 1. The number of ether oxygens (including phenoxy) is 1. The van der Waals surface area contributed by atoms with Crippen molar-refractivity contribution in [2.75, 3.05) is 13.2 Å². The van der Waals surface area contributed by atoms with Gasteiger partial charge in [0.25, 0.3) is 0 Å². The lowest BCUT2D eigenvalue weighted by atomic mass is 10.1. The second-order valence-electron chi connectivity index (χ2n) is 9.09. The highest BCUT2D eigenvalue weighted by Crippen LogP contribution is 2.37. The van der Waals surface area contributed by atoms with Crippen LogP contribution in [0.3, 0.4) is 0 Å². The number of aryl methyl sites for hydroxylation is 3. The maximum absolute atomic E-state index is 12.5. The highest BCUT2D eigenvalue weighted by Gasteiger charge is 2.41. The second kappa shape index (κ2) is 8.37. The van der Waals surface area contributed by atoms with Gasteiger partial charge in [-0.1, -0.05) is 18.2 Å². The summed E-state index contributed by atoms with van der Waals surface area (Å²) in [4.78, 5) is 19.6. The molecule has 1 aliphatic carbocycles. The molecular formula is C26H31N3O2. The summed E-state index contributed by atoms with van der Waals surface area (Å²) in [6.07, 6.45) is 4.92. The minimum atomic E-state index is 0.201. The fourth-order valence-corrected chi connectivity index (χ4v) is 4.65. The van der Waals surface area contributed by atoms with Crippen molar-refractivity contribution in [3.8, 4) is 5.75 Å². The van der Waals surface area contributed by atoms with Crippen molar-refractivity contribution < 1.29 is 9.53 Å². The van der Waals surface area contributed by atoms with Crippen LogP contribution in [0.25, 0.3) is 11.0 Å². The molecule has 162 valence electrons. The minimum Gasteiger partial charge on any atom is -0.494 e. The summed E-state index contributed by atoms with van der Waals surface area (Å²) in [6, 6.07) is 15.1. The highest BCUT2D eigenvalue weighted by molar-refractivity contribution is 5.81. The molecule has 1 unspecified atom stereocenters. The smallest absolute Gasteiger partial charge is 0.223 e. The van der Waals surface area contributed by atoms with Crippen molar-refractivity contribution in [3.05, 3.63) is 59.4 Å². The van der Waals surface area contributed by atoms with Crippen LogP contribution in [0.4, 0.5) is 0 Å². The Labute approximate surface area is 184 Å². The van der Waals surface area contributed by atoms with E-state index in [-0.39, 0.29) is 5.92 Å². The summed E-state index contributed by atoms with van der Waals surface area (Å²) in [5, 5.41) is 0. The molecule has 2 fully saturated rings. The van der Waals surface area contributed by atoms with Crippen LogP contribution in [0, 0.1) is 13.8 Å². The first kappa shape index (κ1) is 20.1. The monoisotopic (exact) mass is 417 g/mol. The van der Waals surface area contributed by atoms with Gasteiger partial charge in [-0.25, -0.2) is 4.98 Å². The third kappa shape index (κ3) is 4.18. The van der Waals surface area contributed by atoms with E-state index in [0.717, 1.165) is 55.9 Å². The number of nitrogens with zero attached hydrogens (tertiary/aromatic N) is 3. The van der Waals surface area contributed by atoms with E-state index in [9.17, 15) is 4.79 Å². The minimum absolute atomic E-state index is 0.201. The fourth-order valence-electron chi connectivity index (χ4n) is 4.65. The molecule has 2 aliphatic rings. The molecule has 3 aromatic rings. The summed E-state index contributed by atoms with van der Waals surface area (Å²) >= 11 is 0. The van der Waals surface area contributed by atoms with Crippen molar-refractivity contribution >= 4 is 16.9 Å². The Morgan fingerprint density at radius 2 is 1.90 bits per heavy atom. The summed E-state index contributed by atoms with van der Waals surface area (Å²) in [5.74, 6) is 2.52. The van der Waals surface area contributed by atoms with E-state index in [1.807, 2.05) is 12.1 Å². The Bertz CT molecular complexity index is 1100. The second-order valence-corrected chi connectivity index (χ2v) is 9.09. The van der Waals surface area contributed by atoms with E-state index in [0.29, 0.717) is 25.0 Å². The van der Waals surface area contributed by atoms with Gasteiger partial charge in [-0.05, 0) is 74.9 Å². The number of amides is 1. The SMILES string of the molecule is Cc1ccc(OCCCCn2c(C3CC(=O)N(C4CC4)C3)nc3ccccc32)cc1C. The molecule has 1 aromatic heterocycles. The Morgan fingerprint density at radius 3 is 2.71 bits per heavy atom. The van der Waals surface area contributed by atoms with Gasteiger partial charge in [-0.3, -0.25) is 4.79 Å².